The molecule has 1 aliphatic rings. The highest BCUT2D eigenvalue weighted by atomic mass is 79.9. The molecule has 0 saturated heterocycles. The molecular weight excluding hydrogens is 305 g/mol. The van der Waals surface area contributed by atoms with Crippen LogP contribution in [0.15, 0.2) is 16.6 Å². The van der Waals surface area contributed by atoms with Crippen molar-refractivity contribution in [2.75, 3.05) is 7.05 Å². The summed E-state index contributed by atoms with van der Waals surface area (Å²) in [5.74, 6) is 0.333. The van der Waals surface area contributed by atoms with Gasteiger partial charge in [0, 0.05) is 16.1 Å². The van der Waals surface area contributed by atoms with Crippen molar-refractivity contribution in [3.8, 4) is 0 Å². The summed E-state index contributed by atoms with van der Waals surface area (Å²) in [5.41, 5.74) is 0.688. The average Bonchev–Trinajstić information content (AvgIpc) is 2.80. The van der Waals surface area contributed by atoms with Crippen LogP contribution in [0.4, 0.5) is 4.39 Å². The molecule has 1 aromatic rings. The lowest BCUT2D eigenvalue weighted by molar-refractivity contribution is 0.378. The zero-order valence-corrected chi connectivity index (χ0v) is 12.1. The third-order valence-corrected chi connectivity index (χ3v) is 4.75. The fourth-order valence-electron chi connectivity index (χ4n) is 2.71. The van der Waals surface area contributed by atoms with Gasteiger partial charge >= 0.3 is 0 Å². The summed E-state index contributed by atoms with van der Waals surface area (Å²) < 4.78 is 14.6. The van der Waals surface area contributed by atoms with Crippen LogP contribution in [0.1, 0.15) is 37.3 Å². The van der Waals surface area contributed by atoms with Gasteiger partial charge in [-0.1, -0.05) is 24.4 Å². The molecule has 0 heterocycles. The summed E-state index contributed by atoms with van der Waals surface area (Å²) in [4.78, 5) is 0. The molecule has 4 heteroatoms. The van der Waals surface area contributed by atoms with E-state index in [0.29, 0.717) is 21.0 Å². The van der Waals surface area contributed by atoms with Gasteiger partial charge < -0.3 is 5.32 Å². The van der Waals surface area contributed by atoms with Crippen molar-refractivity contribution < 1.29 is 4.39 Å². The molecular formula is C13H16BrClFN. The van der Waals surface area contributed by atoms with Crippen LogP contribution in [0.25, 0.3) is 0 Å². The molecule has 94 valence electrons. The van der Waals surface area contributed by atoms with E-state index in [1.54, 1.807) is 6.07 Å². The lowest BCUT2D eigenvalue weighted by atomic mass is 9.91. The molecule has 17 heavy (non-hydrogen) atoms. The molecule has 0 amide bonds. The lowest BCUT2D eigenvalue weighted by Gasteiger charge is -2.24. The monoisotopic (exact) mass is 319 g/mol. The SMILES string of the molecule is CNC(c1cc(Cl)c(Br)cc1F)C1CCCC1. The van der Waals surface area contributed by atoms with E-state index in [4.69, 9.17) is 11.6 Å². The van der Waals surface area contributed by atoms with Gasteiger partial charge in [0.05, 0.1) is 5.02 Å². The molecule has 1 N–H and O–H groups in total. The van der Waals surface area contributed by atoms with Gasteiger partial charge in [-0.05, 0) is 53.9 Å². The van der Waals surface area contributed by atoms with Crippen LogP contribution >= 0.6 is 27.5 Å². The Hall–Kier alpha value is -0.120. The first-order chi connectivity index (χ1) is 8.13. The maximum atomic E-state index is 14.0. The van der Waals surface area contributed by atoms with E-state index in [1.807, 2.05) is 7.05 Å². The minimum absolute atomic E-state index is 0.0723. The van der Waals surface area contributed by atoms with Crippen molar-refractivity contribution >= 4 is 27.5 Å². The van der Waals surface area contributed by atoms with E-state index >= 15 is 0 Å². The lowest BCUT2D eigenvalue weighted by Crippen LogP contribution is -2.24. The van der Waals surface area contributed by atoms with E-state index in [0.717, 1.165) is 0 Å². The number of rotatable bonds is 3. The molecule has 0 bridgehead atoms. The maximum Gasteiger partial charge on any atom is 0.129 e. The van der Waals surface area contributed by atoms with E-state index in [1.165, 1.54) is 31.7 Å². The normalized spacial score (nSPS) is 18.6. The van der Waals surface area contributed by atoms with Gasteiger partial charge in [-0.15, -0.1) is 0 Å². The molecule has 0 spiro atoms. The summed E-state index contributed by atoms with van der Waals surface area (Å²) in [6.45, 7) is 0. The second-order valence-electron chi connectivity index (χ2n) is 4.60. The van der Waals surface area contributed by atoms with Crippen molar-refractivity contribution in [1.29, 1.82) is 0 Å². The first kappa shape index (κ1) is 13.3. The smallest absolute Gasteiger partial charge is 0.129 e. The number of nitrogens with one attached hydrogen (secondary N) is 1. The van der Waals surface area contributed by atoms with Crippen molar-refractivity contribution in [1.82, 2.24) is 5.32 Å². The van der Waals surface area contributed by atoms with Gasteiger partial charge in [0.15, 0.2) is 0 Å². The molecule has 1 atom stereocenters. The number of benzene rings is 1. The summed E-state index contributed by atoms with van der Waals surface area (Å²) in [6.07, 6.45) is 4.82. The predicted octanol–water partition coefficient (Wildman–Crippen LogP) is 4.69. The predicted molar refractivity (Wildman–Crippen MR) is 72.9 cm³/mol. The van der Waals surface area contributed by atoms with E-state index < -0.39 is 0 Å². The summed E-state index contributed by atoms with van der Waals surface area (Å²) >= 11 is 9.29. The Bertz CT molecular complexity index is 405. The third kappa shape index (κ3) is 2.83. The molecule has 2 rings (SSSR count). The Kier molecular flexibility index (Phi) is 4.45. The van der Waals surface area contributed by atoms with Crippen LogP contribution < -0.4 is 5.32 Å². The summed E-state index contributed by atoms with van der Waals surface area (Å²) in [6, 6.07) is 3.26. The topological polar surface area (TPSA) is 12.0 Å². The van der Waals surface area contributed by atoms with Gasteiger partial charge in [0.2, 0.25) is 0 Å². The molecule has 1 unspecified atom stereocenters. The second kappa shape index (κ2) is 5.68. The highest BCUT2D eigenvalue weighted by Crippen LogP contribution is 2.38. The van der Waals surface area contributed by atoms with Crippen molar-refractivity contribution in [2.45, 2.75) is 31.7 Å². The van der Waals surface area contributed by atoms with E-state index in [2.05, 4.69) is 21.2 Å². The molecule has 0 radical (unpaired) electrons. The highest BCUT2D eigenvalue weighted by Gasteiger charge is 2.27. The van der Waals surface area contributed by atoms with Crippen molar-refractivity contribution in [3.05, 3.63) is 33.0 Å². The maximum absolute atomic E-state index is 14.0. The molecule has 0 aromatic heterocycles. The zero-order valence-electron chi connectivity index (χ0n) is 9.77. The van der Waals surface area contributed by atoms with Gasteiger partial charge in [0.25, 0.3) is 0 Å². The number of hydrogen-bond donors (Lipinski definition) is 1. The van der Waals surface area contributed by atoms with Gasteiger partial charge in [0.1, 0.15) is 5.82 Å². The Morgan fingerprint density at radius 3 is 2.65 bits per heavy atom. The van der Waals surface area contributed by atoms with Crippen LogP contribution in [0.2, 0.25) is 5.02 Å². The fourth-order valence-corrected chi connectivity index (χ4v) is 3.20. The number of hydrogen-bond acceptors (Lipinski definition) is 1. The first-order valence-corrected chi connectivity index (χ1v) is 7.12. The molecule has 1 fully saturated rings. The standard InChI is InChI=1S/C13H16BrClFN/c1-17-13(8-4-2-3-5-8)9-6-11(15)10(14)7-12(9)16/h6-8,13,17H,2-5H2,1H3. The average molecular weight is 321 g/mol. The van der Waals surface area contributed by atoms with Crippen LogP contribution in [-0.4, -0.2) is 7.05 Å². The summed E-state index contributed by atoms with van der Waals surface area (Å²) in [5, 5.41) is 3.80. The largest absolute Gasteiger partial charge is 0.313 e. The number of halogens is 3. The second-order valence-corrected chi connectivity index (χ2v) is 5.86. The molecule has 0 aliphatic heterocycles. The molecule has 1 aliphatic carbocycles. The minimum atomic E-state index is -0.187. The van der Waals surface area contributed by atoms with E-state index in [-0.39, 0.29) is 11.9 Å². The quantitative estimate of drug-likeness (QED) is 0.797. The van der Waals surface area contributed by atoms with Crippen LogP contribution in [0.3, 0.4) is 0 Å². The molecule has 1 aromatic carbocycles. The van der Waals surface area contributed by atoms with Crippen LogP contribution in [0.5, 0.6) is 0 Å². The van der Waals surface area contributed by atoms with Crippen LogP contribution in [-0.2, 0) is 0 Å². The minimum Gasteiger partial charge on any atom is -0.313 e. The fraction of sp³-hybridized carbons (Fsp3) is 0.538. The third-order valence-electron chi connectivity index (χ3n) is 3.56. The summed E-state index contributed by atoms with van der Waals surface area (Å²) in [7, 11) is 1.89. The van der Waals surface area contributed by atoms with Gasteiger partial charge in [-0.25, -0.2) is 4.39 Å². The molecule has 1 saturated carbocycles. The van der Waals surface area contributed by atoms with Crippen molar-refractivity contribution in [3.63, 3.8) is 0 Å². The van der Waals surface area contributed by atoms with E-state index in [9.17, 15) is 4.39 Å². The highest BCUT2D eigenvalue weighted by molar-refractivity contribution is 9.10. The Morgan fingerprint density at radius 1 is 1.41 bits per heavy atom. The van der Waals surface area contributed by atoms with Gasteiger partial charge in [-0.2, -0.15) is 0 Å². The van der Waals surface area contributed by atoms with Gasteiger partial charge in [-0.3, -0.25) is 0 Å². The first-order valence-electron chi connectivity index (χ1n) is 5.95. The Labute approximate surface area is 115 Å². The zero-order chi connectivity index (χ0) is 12.4. The molecule has 1 nitrogen and oxygen atoms in total. The van der Waals surface area contributed by atoms with Crippen LogP contribution in [0, 0.1) is 11.7 Å². The Morgan fingerprint density at radius 2 is 2.06 bits per heavy atom. The van der Waals surface area contributed by atoms with Crippen molar-refractivity contribution in [2.24, 2.45) is 5.92 Å². The Balaban J connectivity index is 2.32.